The third-order valence-corrected chi connectivity index (χ3v) is 17.5. The number of phosphoric ester groups is 1. The third kappa shape index (κ3) is 66.0. The van der Waals surface area contributed by atoms with Crippen molar-refractivity contribution in [3.8, 4) is 0 Å². The van der Waals surface area contributed by atoms with Gasteiger partial charge in [0.05, 0.1) is 39.9 Å². The molecular weight excluding hydrogens is 1030 g/mol. The Bertz CT molecular complexity index is 1480. The van der Waals surface area contributed by atoms with Gasteiger partial charge < -0.3 is 19.8 Å². The van der Waals surface area contributed by atoms with Gasteiger partial charge in [-0.25, -0.2) is 4.57 Å². The average Bonchev–Trinajstić information content (AvgIpc) is 3.47. The molecule has 484 valence electrons. The highest BCUT2D eigenvalue weighted by molar-refractivity contribution is 7.47. The van der Waals surface area contributed by atoms with E-state index in [0.717, 1.165) is 44.9 Å². The van der Waals surface area contributed by atoms with Crippen LogP contribution in [0.15, 0.2) is 48.6 Å². The van der Waals surface area contributed by atoms with Crippen LogP contribution in [0, 0.1) is 0 Å². The van der Waals surface area contributed by atoms with Gasteiger partial charge in [-0.05, 0) is 70.6 Å². The van der Waals surface area contributed by atoms with Crippen molar-refractivity contribution in [3.05, 3.63) is 48.6 Å². The number of carbonyl (C=O) groups excluding carboxylic acids is 1. The number of allylic oxidation sites excluding steroid dienone is 7. The first-order valence-electron chi connectivity index (χ1n) is 36.0. The molecule has 0 rings (SSSR count). The van der Waals surface area contributed by atoms with Crippen molar-refractivity contribution in [2.75, 3.05) is 40.9 Å². The molecule has 3 atom stereocenters. The molecule has 0 aromatic carbocycles. The Kier molecular flexibility index (Phi) is 62.7. The molecule has 0 aromatic heterocycles. The van der Waals surface area contributed by atoms with E-state index in [4.69, 9.17) is 9.05 Å². The highest BCUT2D eigenvalue weighted by Crippen LogP contribution is 2.43. The lowest BCUT2D eigenvalue weighted by Gasteiger charge is -2.25. The van der Waals surface area contributed by atoms with Gasteiger partial charge in [0.25, 0.3) is 0 Å². The lowest BCUT2D eigenvalue weighted by atomic mass is 10.0. The minimum absolute atomic E-state index is 0.0541. The Hall–Kier alpha value is -1.54. The molecule has 8 nitrogen and oxygen atoms in total. The fraction of sp³-hybridized carbons (Fsp3) is 0.877. The summed E-state index contributed by atoms with van der Waals surface area (Å²) >= 11 is 0. The first-order chi connectivity index (χ1) is 40.0. The van der Waals surface area contributed by atoms with Crippen molar-refractivity contribution in [2.24, 2.45) is 0 Å². The van der Waals surface area contributed by atoms with Crippen LogP contribution in [-0.4, -0.2) is 73.4 Å². The lowest BCUT2D eigenvalue weighted by molar-refractivity contribution is -0.870. The maximum Gasteiger partial charge on any atom is 0.472 e. The summed E-state index contributed by atoms with van der Waals surface area (Å²) in [6.07, 6.45) is 87.2. The van der Waals surface area contributed by atoms with Crippen LogP contribution >= 0.6 is 7.82 Å². The van der Waals surface area contributed by atoms with Crippen LogP contribution in [0.4, 0.5) is 0 Å². The van der Waals surface area contributed by atoms with Crippen LogP contribution in [0.2, 0.25) is 0 Å². The molecule has 0 aliphatic rings. The van der Waals surface area contributed by atoms with E-state index in [1.54, 1.807) is 6.08 Å². The number of likely N-dealkylation sites (N-methyl/N-ethyl adjacent to an activating group) is 1. The number of aliphatic hydroxyl groups is 1. The molecule has 3 N–H and O–H groups in total. The van der Waals surface area contributed by atoms with E-state index >= 15 is 0 Å². The first kappa shape index (κ1) is 80.5. The lowest BCUT2D eigenvalue weighted by Crippen LogP contribution is -2.45. The number of aliphatic hydroxyl groups excluding tert-OH is 1. The summed E-state index contributed by atoms with van der Waals surface area (Å²) in [7, 11) is 1.56. The summed E-state index contributed by atoms with van der Waals surface area (Å²) in [5, 5.41) is 14.0. The summed E-state index contributed by atoms with van der Waals surface area (Å²) in [5.41, 5.74) is 0. The number of carbonyl (C=O) groups is 1. The SMILES string of the molecule is CCCCCCCCCCCCC/C=C/CC/C=C/CC/C=C/C(O)C(COP(=O)(O)OCC[N+](C)(C)C)NC(=O)CCCCCCCCCCCCCCCCCCC/C=C\CCCCCCCCCCCCCCCCCCCC. The fourth-order valence-corrected chi connectivity index (χ4v) is 11.6. The highest BCUT2D eigenvalue weighted by Gasteiger charge is 2.28. The van der Waals surface area contributed by atoms with Gasteiger partial charge in [-0.3, -0.25) is 13.8 Å². The summed E-state index contributed by atoms with van der Waals surface area (Å²) in [5.74, 6) is -0.185. The Morgan fingerprint density at radius 1 is 0.402 bits per heavy atom. The van der Waals surface area contributed by atoms with Crippen LogP contribution < -0.4 is 5.32 Å². The number of nitrogens with zero attached hydrogens (tertiary/aromatic N) is 1. The highest BCUT2D eigenvalue weighted by atomic mass is 31.2. The molecule has 9 heteroatoms. The summed E-state index contributed by atoms with van der Waals surface area (Å²) in [4.78, 5) is 23.4. The van der Waals surface area contributed by atoms with E-state index in [9.17, 15) is 19.4 Å². The average molecular weight is 1170 g/mol. The quantitative estimate of drug-likeness (QED) is 0.0243. The van der Waals surface area contributed by atoms with Gasteiger partial charge in [0, 0.05) is 6.42 Å². The van der Waals surface area contributed by atoms with Crippen LogP contribution in [0.1, 0.15) is 361 Å². The summed E-state index contributed by atoms with van der Waals surface area (Å²) in [6.45, 7) is 4.83. The summed E-state index contributed by atoms with van der Waals surface area (Å²) in [6, 6.07) is -0.871. The molecule has 3 unspecified atom stereocenters. The van der Waals surface area contributed by atoms with Gasteiger partial charge in [0.2, 0.25) is 5.91 Å². The van der Waals surface area contributed by atoms with Crippen molar-refractivity contribution < 1.29 is 32.9 Å². The Balaban J connectivity index is 3.98. The molecule has 0 aliphatic heterocycles. The molecule has 0 spiro atoms. The van der Waals surface area contributed by atoms with Crippen molar-refractivity contribution in [3.63, 3.8) is 0 Å². The van der Waals surface area contributed by atoms with Gasteiger partial charge in [-0.2, -0.15) is 0 Å². The second-order valence-corrected chi connectivity index (χ2v) is 27.4. The number of hydrogen-bond acceptors (Lipinski definition) is 5. The predicted molar refractivity (Wildman–Crippen MR) is 360 cm³/mol. The molecule has 0 saturated carbocycles. The number of hydrogen-bond donors (Lipinski definition) is 3. The second-order valence-electron chi connectivity index (χ2n) is 25.9. The maximum absolute atomic E-state index is 13.0. The molecule has 0 radical (unpaired) electrons. The van der Waals surface area contributed by atoms with E-state index in [2.05, 4.69) is 55.6 Å². The molecule has 0 aromatic rings. The van der Waals surface area contributed by atoms with E-state index in [1.165, 1.54) is 295 Å². The minimum Gasteiger partial charge on any atom is -0.387 e. The summed E-state index contributed by atoms with van der Waals surface area (Å²) < 4.78 is 23.8. The van der Waals surface area contributed by atoms with Crippen molar-refractivity contribution in [2.45, 2.75) is 373 Å². The molecule has 0 fully saturated rings. The molecule has 0 bridgehead atoms. The Labute approximate surface area is 511 Å². The van der Waals surface area contributed by atoms with Crippen LogP contribution in [0.5, 0.6) is 0 Å². The molecular formula is C73H142N2O6P+. The number of phosphoric acid groups is 1. The third-order valence-electron chi connectivity index (χ3n) is 16.5. The number of rotatable bonds is 67. The molecule has 82 heavy (non-hydrogen) atoms. The first-order valence-corrected chi connectivity index (χ1v) is 37.5. The largest absolute Gasteiger partial charge is 0.472 e. The van der Waals surface area contributed by atoms with E-state index in [1.807, 2.05) is 27.2 Å². The van der Waals surface area contributed by atoms with Gasteiger partial charge in [0.1, 0.15) is 13.2 Å². The number of nitrogens with one attached hydrogen (secondary N) is 1. The zero-order valence-corrected chi connectivity index (χ0v) is 56.4. The molecule has 0 heterocycles. The number of quaternary nitrogens is 1. The minimum atomic E-state index is -4.36. The Morgan fingerprint density at radius 2 is 0.671 bits per heavy atom. The van der Waals surface area contributed by atoms with Gasteiger partial charge in [0.15, 0.2) is 0 Å². The Morgan fingerprint density at radius 3 is 0.976 bits per heavy atom. The van der Waals surface area contributed by atoms with Gasteiger partial charge in [-0.1, -0.05) is 332 Å². The fourth-order valence-electron chi connectivity index (χ4n) is 10.9. The zero-order chi connectivity index (χ0) is 59.8. The topological polar surface area (TPSA) is 105 Å². The zero-order valence-electron chi connectivity index (χ0n) is 55.5. The second kappa shape index (κ2) is 63.9. The standard InChI is InChI=1S/C73H141N2O6P/c1-6-8-10-12-14-16-18-20-22-24-26-28-29-30-31-32-33-34-35-36-37-38-39-40-41-42-43-44-45-47-49-51-53-55-57-59-61-63-65-67-73(77)74-71(70-81-82(78,79)80-69-68-75(3,4)5)72(76)66-64-62-60-58-56-54-52-50-48-46-27-25-23-21-19-17-15-13-11-9-7-2/h36-37,48,50,56,58,64,66,71-72,76H,6-35,38-47,49,51-55,57,59-63,65,67-70H2,1-5H3,(H-,74,77,78,79)/p+1/b37-36-,50-48+,58-56+,66-64+. The van der Waals surface area contributed by atoms with Crippen LogP contribution in [-0.2, 0) is 18.4 Å². The maximum atomic E-state index is 13.0. The van der Waals surface area contributed by atoms with E-state index in [-0.39, 0.29) is 19.1 Å². The predicted octanol–water partition coefficient (Wildman–Crippen LogP) is 23.0. The van der Waals surface area contributed by atoms with Gasteiger partial charge in [-0.15, -0.1) is 0 Å². The molecule has 0 aliphatic carbocycles. The van der Waals surface area contributed by atoms with Crippen molar-refractivity contribution in [1.29, 1.82) is 0 Å². The van der Waals surface area contributed by atoms with Crippen LogP contribution in [0.25, 0.3) is 0 Å². The number of amides is 1. The number of unbranched alkanes of at least 4 members (excludes halogenated alkanes) is 48. The monoisotopic (exact) mass is 1170 g/mol. The normalized spacial score (nSPS) is 13.9. The van der Waals surface area contributed by atoms with E-state index < -0.39 is 20.0 Å². The smallest absolute Gasteiger partial charge is 0.387 e. The van der Waals surface area contributed by atoms with Crippen molar-refractivity contribution in [1.82, 2.24) is 5.32 Å². The van der Waals surface area contributed by atoms with Crippen LogP contribution in [0.3, 0.4) is 0 Å². The molecule has 1 amide bonds. The molecule has 0 saturated heterocycles. The van der Waals surface area contributed by atoms with E-state index in [0.29, 0.717) is 17.4 Å². The van der Waals surface area contributed by atoms with Crippen molar-refractivity contribution >= 4 is 13.7 Å². The van der Waals surface area contributed by atoms with Gasteiger partial charge >= 0.3 is 7.82 Å².